The predicted molar refractivity (Wildman–Crippen MR) is 75.2 cm³/mol. The van der Waals surface area contributed by atoms with Crippen molar-refractivity contribution in [3.8, 4) is 0 Å². The molecule has 0 spiro atoms. The lowest BCUT2D eigenvalue weighted by atomic mass is 10.1. The van der Waals surface area contributed by atoms with Gasteiger partial charge < -0.3 is 10.6 Å². The van der Waals surface area contributed by atoms with Crippen molar-refractivity contribution in [3.63, 3.8) is 0 Å². The molecule has 0 saturated carbocycles. The van der Waals surface area contributed by atoms with E-state index < -0.39 is 0 Å². The molecule has 0 aliphatic carbocycles. The van der Waals surface area contributed by atoms with E-state index in [0.29, 0.717) is 17.7 Å². The average molecular weight is 269 g/mol. The minimum absolute atomic E-state index is 0.146. The minimum atomic E-state index is -0.169. The second-order valence-corrected chi connectivity index (χ2v) is 4.20. The lowest BCUT2D eigenvalue weighted by Crippen LogP contribution is -2.23. The van der Waals surface area contributed by atoms with Crippen molar-refractivity contribution < 1.29 is 9.59 Å². The number of nitrogens with one attached hydrogen (secondary N) is 2. The summed E-state index contributed by atoms with van der Waals surface area (Å²) < 4.78 is 0. The van der Waals surface area contributed by atoms with Gasteiger partial charge in [-0.3, -0.25) is 14.6 Å². The number of rotatable bonds is 4. The summed E-state index contributed by atoms with van der Waals surface area (Å²) >= 11 is 0. The van der Waals surface area contributed by atoms with Gasteiger partial charge in [-0.2, -0.15) is 0 Å². The quantitative estimate of drug-likeness (QED) is 0.880. The summed E-state index contributed by atoms with van der Waals surface area (Å²) in [6, 6.07) is 10.4. The molecule has 1 heterocycles. The van der Waals surface area contributed by atoms with E-state index in [2.05, 4.69) is 15.6 Å². The van der Waals surface area contributed by atoms with E-state index in [-0.39, 0.29) is 11.8 Å². The van der Waals surface area contributed by atoms with Gasteiger partial charge in [0.25, 0.3) is 11.8 Å². The number of amides is 2. The standard InChI is InChI=1S/C15H15N3O2/c1-16-14(19)13-4-2-3-11(9-13)10-18-15(20)12-5-7-17-8-6-12/h2-9H,10H2,1H3,(H,16,19)(H,18,20). The Morgan fingerprint density at radius 1 is 1.05 bits per heavy atom. The van der Waals surface area contributed by atoms with E-state index in [1.807, 2.05) is 6.07 Å². The molecule has 1 aromatic carbocycles. The molecule has 0 unspecified atom stereocenters. The van der Waals surface area contributed by atoms with Crippen LogP contribution >= 0.6 is 0 Å². The zero-order valence-electron chi connectivity index (χ0n) is 11.1. The third-order valence-electron chi connectivity index (χ3n) is 2.81. The Morgan fingerprint density at radius 2 is 1.80 bits per heavy atom. The molecule has 2 aromatic rings. The normalized spacial score (nSPS) is 9.85. The lowest BCUT2D eigenvalue weighted by molar-refractivity contribution is 0.0948. The maximum absolute atomic E-state index is 11.9. The number of aromatic nitrogens is 1. The molecule has 0 fully saturated rings. The van der Waals surface area contributed by atoms with Gasteiger partial charge >= 0.3 is 0 Å². The summed E-state index contributed by atoms with van der Waals surface area (Å²) in [6.07, 6.45) is 3.14. The van der Waals surface area contributed by atoms with Crippen LogP contribution in [0.15, 0.2) is 48.8 Å². The van der Waals surface area contributed by atoms with E-state index in [0.717, 1.165) is 5.56 Å². The van der Waals surface area contributed by atoms with Crippen LogP contribution in [0, 0.1) is 0 Å². The first-order valence-electron chi connectivity index (χ1n) is 6.20. The smallest absolute Gasteiger partial charge is 0.251 e. The van der Waals surface area contributed by atoms with Crippen molar-refractivity contribution >= 4 is 11.8 Å². The van der Waals surface area contributed by atoms with E-state index in [1.54, 1.807) is 49.8 Å². The Kier molecular flexibility index (Phi) is 4.44. The van der Waals surface area contributed by atoms with E-state index in [4.69, 9.17) is 0 Å². The number of pyridine rings is 1. The lowest BCUT2D eigenvalue weighted by Gasteiger charge is -2.07. The maximum atomic E-state index is 11.9. The summed E-state index contributed by atoms with van der Waals surface area (Å²) in [5.41, 5.74) is 2.00. The number of nitrogens with zero attached hydrogens (tertiary/aromatic N) is 1. The van der Waals surface area contributed by atoms with Gasteiger partial charge in [0.05, 0.1) is 0 Å². The zero-order valence-corrected chi connectivity index (χ0v) is 11.1. The van der Waals surface area contributed by atoms with Crippen molar-refractivity contribution in [2.75, 3.05) is 7.05 Å². The summed E-state index contributed by atoms with van der Waals surface area (Å²) in [7, 11) is 1.58. The predicted octanol–water partition coefficient (Wildman–Crippen LogP) is 1.37. The molecular formula is C15H15N3O2. The van der Waals surface area contributed by atoms with E-state index >= 15 is 0 Å². The largest absolute Gasteiger partial charge is 0.355 e. The van der Waals surface area contributed by atoms with Gasteiger partial charge in [0.1, 0.15) is 0 Å². The molecule has 0 aliphatic heterocycles. The molecule has 0 saturated heterocycles. The van der Waals surface area contributed by atoms with Crippen molar-refractivity contribution in [3.05, 3.63) is 65.5 Å². The molecule has 102 valence electrons. The number of hydrogen-bond donors (Lipinski definition) is 2. The first-order valence-corrected chi connectivity index (χ1v) is 6.20. The summed E-state index contributed by atoms with van der Waals surface area (Å²) in [5.74, 6) is -0.315. The van der Waals surface area contributed by atoms with Crippen LogP contribution in [0.5, 0.6) is 0 Å². The molecule has 0 radical (unpaired) electrons. The SMILES string of the molecule is CNC(=O)c1cccc(CNC(=O)c2ccncc2)c1. The van der Waals surface area contributed by atoms with Gasteiger partial charge in [-0.05, 0) is 29.8 Å². The second-order valence-electron chi connectivity index (χ2n) is 4.20. The highest BCUT2D eigenvalue weighted by Crippen LogP contribution is 2.05. The third-order valence-corrected chi connectivity index (χ3v) is 2.81. The summed E-state index contributed by atoms with van der Waals surface area (Å²) in [6.45, 7) is 0.367. The van der Waals surface area contributed by atoms with Crippen LogP contribution in [0.2, 0.25) is 0 Å². The molecule has 0 bridgehead atoms. The number of hydrogen-bond acceptors (Lipinski definition) is 3. The highest BCUT2D eigenvalue weighted by Gasteiger charge is 2.06. The third kappa shape index (κ3) is 3.41. The van der Waals surface area contributed by atoms with Crippen LogP contribution in [-0.2, 0) is 6.54 Å². The van der Waals surface area contributed by atoms with Gasteiger partial charge in [0, 0.05) is 37.1 Å². The van der Waals surface area contributed by atoms with Crippen molar-refractivity contribution in [2.45, 2.75) is 6.54 Å². The van der Waals surface area contributed by atoms with Crippen LogP contribution in [0.3, 0.4) is 0 Å². The summed E-state index contributed by atoms with van der Waals surface area (Å²) in [4.78, 5) is 27.3. The Morgan fingerprint density at radius 3 is 2.50 bits per heavy atom. The Bertz CT molecular complexity index is 612. The second kappa shape index (κ2) is 6.47. The van der Waals surface area contributed by atoms with Gasteiger partial charge in [-0.1, -0.05) is 12.1 Å². The van der Waals surface area contributed by atoms with E-state index in [9.17, 15) is 9.59 Å². The fourth-order valence-corrected chi connectivity index (χ4v) is 1.75. The van der Waals surface area contributed by atoms with Gasteiger partial charge in [0.2, 0.25) is 0 Å². The first-order chi connectivity index (χ1) is 9.70. The first kappa shape index (κ1) is 13.7. The molecule has 20 heavy (non-hydrogen) atoms. The number of carbonyl (C=O) groups is 2. The zero-order chi connectivity index (χ0) is 14.4. The maximum Gasteiger partial charge on any atom is 0.251 e. The highest BCUT2D eigenvalue weighted by molar-refractivity contribution is 5.95. The Labute approximate surface area is 117 Å². The molecule has 0 atom stereocenters. The van der Waals surface area contributed by atoms with Crippen LogP contribution in [-0.4, -0.2) is 23.8 Å². The Hall–Kier alpha value is -2.69. The van der Waals surface area contributed by atoms with Crippen LogP contribution in [0.25, 0.3) is 0 Å². The topological polar surface area (TPSA) is 71.1 Å². The van der Waals surface area contributed by atoms with Crippen LogP contribution < -0.4 is 10.6 Å². The number of carbonyl (C=O) groups excluding carboxylic acids is 2. The fourth-order valence-electron chi connectivity index (χ4n) is 1.75. The fraction of sp³-hybridized carbons (Fsp3) is 0.133. The van der Waals surface area contributed by atoms with Crippen molar-refractivity contribution in [1.82, 2.24) is 15.6 Å². The molecular weight excluding hydrogens is 254 g/mol. The monoisotopic (exact) mass is 269 g/mol. The molecule has 2 rings (SSSR count). The van der Waals surface area contributed by atoms with Crippen LogP contribution in [0.4, 0.5) is 0 Å². The minimum Gasteiger partial charge on any atom is -0.355 e. The van der Waals surface area contributed by atoms with Crippen molar-refractivity contribution in [1.29, 1.82) is 0 Å². The van der Waals surface area contributed by atoms with Gasteiger partial charge in [-0.15, -0.1) is 0 Å². The molecule has 5 heteroatoms. The van der Waals surface area contributed by atoms with Gasteiger partial charge in [-0.25, -0.2) is 0 Å². The molecule has 1 aromatic heterocycles. The molecule has 2 N–H and O–H groups in total. The molecule has 2 amide bonds. The molecule has 0 aliphatic rings. The Balaban J connectivity index is 2.01. The molecule has 5 nitrogen and oxygen atoms in total. The number of benzene rings is 1. The summed E-state index contributed by atoms with van der Waals surface area (Å²) in [5, 5.41) is 5.37. The van der Waals surface area contributed by atoms with Crippen LogP contribution in [0.1, 0.15) is 26.3 Å². The van der Waals surface area contributed by atoms with Gasteiger partial charge in [0.15, 0.2) is 0 Å². The van der Waals surface area contributed by atoms with Crippen molar-refractivity contribution in [2.24, 2.45) is 0 Å². The average Bonchev–Trinajstić information content (AvgIpc) is 2.53. The van der Waals surface area contributed by atoms with E-state index in [1.165, 1.54) is 0 Å². The highest BCUT2D eigenvalue weighted by atomic mass is 16.2.